The Hall–Kier alpha value is -0.400. The van der Waals surface area contributed by atoms with E-state index >= 15 is 0 Å². The summed E-state index contributed by atoms with van der Waals surface area (Å²) in [5.41, 5.74) is 6.06. The molecule has 0 spiro atoms. The van der Waals surface area contributed by atoms with Crippen LogP contribution < -0.4 is 15.8 Å². The van der Waals surface area contributed by atoms with Crippen molar-refractivity contribution < 1.29 is 8.42 Å². The summed E-state index contributed by atoms with van der Waals surface area (Å²) in [6.45, 7) is 0. The maximum absolute atomic E-state index is 11.9. The van der Waals surface area contributed by atoms with E-state index in [1.165, 1.54) is 12.1 Å². The predicted octanol–water partition coefficient (Wildman–Crippen LogP) is 1.76. The molecule has 0 amide bonds. The van der Waals surface area contributed by atoms with E-state index < -0.39 is 21.0 Å². The lowest BCUT2D eigenvalue weighted by atomic mass is 10.2. The summed E-state index contributed by atoms with van der Waals surface area (Å²) < 4.78 is 26.1. The summed E-state index contributed by atoms with van der Waals surface area (Å²) in [5.74, 6) is 0. The normalized spacial score (nSPS) is 22.0. The lowest BCUT2D eigenvalue weighted by Gasteiger charge is -2.29. The minimum Gasteiger partial charge on any atom is -0.397 e. The number of benzene rings is 1. The molecular formula is C8H8Cl3N3O2S. The molecule has 1 atom stereocenters. The van der Waals surface area contributed by atoms with Gasteiger partial charge in [-0.2, -0.15) is 4.72 Å². The van der Waals surface area contributed by atoms with E-state index in [-0.39, 0.29) is 15.6 Å². The van der Waals surface area contributed by atoms with Crippen molar-refractivity contribution in [3.05, 3.63) is 17.2 Å². The van der Waals surface area contributed by atoms with Crippen LogP contribution in [0.5, 0.6) is 0 Å². The van der Waals surface area contributed by atoms with Gasteiger partial charge in [0, 0.05) is 0 Å². The molecule has 0 aliphatic carbocycles. The molecule has 1 unspecified atom stereocenters. The molecule has 0 bridgehead atoms. The molecule has 1 aromatic rings. The van der Waals surface area contributed by atoms with Gasteiger partial charge in [-0.05, 0) is 12.1 Å². The number of anilines is 2. The van der Waals surface area contributed by atoms with Gasteiger partial charge in [0.25, 0.3) is 0 Å². The van der Waals surface area contributed by atoms with E-state index in [0.29, 0.717) is 5.69 Å². The number of hydrogen-bond donors (Lipinski definition) is 3. The molecule has 2 rings (SSSR count). The van der Waals surface area contributed by atoms with Crippen molar-refractivity contribution in [2.24, 2.45) is 0 Å². The Kier molecular flexibility index (Phi) is 3.35. The third-order valence-corrected chi connectivity index (χ3v) is 4.55. The SMILES string of the molecule is Nc1cc2c(cc1Cl)NC(C(Cl)Cl)NS2(=O)=O. The second kappa shape index (κ2) is 4.37. The third-order valence-electron chi connectivity index (χ3n) is 2.23. The van der Waals surface area contributed by atoms with Crippen molar-refractivity contribution in [2.75, 3.05) is 11.1 Å². The number of hydrogen-bond acceptors (Lipinski definition) is 4. The highest BCUT2D eigenvalue weighted by Gasteiger charge is 2.32. The molecule has 1 aromatic carbocycles. The van der Waals surface area contributed by atoms with Crippen LogP contribution in [-0.4, -0.2) is 19.4 Å². The van der Waals surface area contributed by atoms with Crippen LogP contribution in [0.2, 0.25) is 5.02 Å². The monoisotopic (exact) mass is 315 g/mol. The number of nitrogens with two attached hydrogens (primary N) is 1. The average Bonchev–Trinajstić information content (AvgIpc) is 2.20. The van der Waals surface area contributed by atoms with Gasteiger partial charge in [-0.25, -0.2) is 8.42 Å². The van der Waals surface area contributed by atoms with Crippen LogP contribution in [-0.2, 0) is 10.0 Å². The maximum atomic E-state index is 11.9. The van der Waals surface area contributed by atoms with E-state index in [1.54, 1.807) is 0 Å². The van der Waals surface area contributed by atoms with Gasteiger partial charge in [0.15, 0.2) is 0 Å². The molecule has 1 heterocycles. The Morgan fingerprint density at radius 3 is 2.59 bits per heavy atom. The number of nitrogen functional groups attached to an aromatic ring is 1. The Morgan fingerprint density at radius 1 is 1.35 bits per heavy atom. The summed E-state index contributed by atoms with van der Waals surface area (Å²) in [6, 6.07) is 2.70. The molecule has 4 N–H and O–H groups in total. The van der Waals surface area contributed by atoms with Crippen molar-refractivity contribution in [1.82, 2.24) is 4.72 Å². The van der Waals surface area contributed by atoms with E-state index in [2.05, 4.69) is 10.0 Å². The summed E-state index contributed by atoms with van der Waals surface area (Å²) in [6.07, 6.45) is -0.810. The third kappa shape index (κ3) is 2.41. The lowest BCUT2D eigenvalue weighted by molar-refractivity contribution is 0.563. The summed E-state index contributed by atoms with van der Waals surface area (Å²) in [7, 11) is -3.70. The number of nitrogens with one attached hydrogen (secondary N) is 2. The Morgan fingerprint density at radius 2 is 2.00 bits per heavy atom. The zero-order chi connectivity index (χ0) is 12.8. The van der Waals surface area contributed by atoms with Crippen LogP contribution in [0.4, 0.5) is 11.4 Å². The fourth-order valence-electron chi connectivity index (χ4n) is 1.45. The zero-order valence-corrected chi connectivity index (χ0v) is 11.3. The fourth-order valence-corrected chi connectivity index (χ4v) is 3.36. The number of fused-ring (bicyclic) bond motifs is 1. The van der Waals surface area contributed by atoms with E-state index in [0.717, 1.165) is 0 Å². The molecule has 0 aromatic heterocycles. The maximum Gasteiger partial charge on any atom is 0.244 e. The van der Waals surface area contributed by atoms with Gasteiger partial charge >= 0.3 is 0 Å². The van der Waals surface area contributed by atoms with Gasteiger partial charge in [-0.15, -0.1) is 23.2 Å². The quantitative estimate of drug-likeness (QED) is 0.544. The summed E-state index contributed by atoms with van der Waals surface area (Å²) >= 11 is 17.1. The van der Waals surface area contributed by atoms with Crippen LogP contribution in [0.25, 0.3) is 0 Å². The predicted molar refractivity (Wildman–Crippen MR) is 69.1 cm³/mol. The molecule has 1 aliphatic heterocycles. The van der Waals surface area contributed by atoms with Crippen LogP contribution in [0.1, 0.15) is 0 Å². The van der Waals surface area contributed by atoms with Crippen molar-refractivity contribution in [3.63, 3.8) is 0 Å². The Balaban J connectivity index is 2.57. The molecule has 94 valence electrons. The highest BCUT2D eigenvalue weighted by atomic mass is 35.5. The lowest BCUT2D eigenvalue weighted by Crippen LogP contribution is -2.48. The molecule has 0 radical (unpaired) electrons. The molecular weight excluding hydrogens is 309 g/mol. The topological polar surface area (TPSA) is 84.2 Å². The second-order valence-corrected chi connectivity index (χ2v) is 6.70. The van der Waals surface area contributed by atoms with E-state index in [1.807, 2.05) is 0 Å². The highest BCUT2D eigenvalue weighted by Crippen LogP contribution is 2.34. The first kappa shape index (κ1) is 13.0. The molecule has 0 saturated carbocycles. The zero-order valence-electron chi connectivity index (χ0n) is 8.25. The van der Waals surface area contributed by atoms with Crippen molar-refractivity contribution in [3.8, 4) is 0 Å². The fraction of sp³-hybridized carbons (Fsp3) is 0.250. The van der Waals surface area contributed by atoms with Gasteiger partial charge in [-0.3, -0.25) is 0 Å². The second-order valence-electron chi connectivity index (χ2n) is 3.45. The van der Waals surface area contributed by atoms with E-state index in [9.17, 15) is 8.42 Å². The van der Waals surface area contributed by atoms with Crippen molar-refractivity contribution in [2.45, 2.75) is 15.9 Å². The molecule has 0 saturated heterocycles. The summed E-state index contributed by atoms with van der Waals surface area (Å²) in [5, 5.41) is 3.08. The van der Waals surface area contributed by atoms with Gasteiger partial charge in [0.1, 0.15) is 15.9 Å². The van der Waals surface area contributed by atoms with Gasteiger partial charge in [-0.1, -0.05) is 11.6 Å². The number of halogens is 3. The smallest absolute Gasteiger partial charge is 0.244 e. The largest absolute Gasteiger partial charge is 0.397 e. The van der Waals surface area contributed by atoms with Crippen molar-refractivity contribution >= 4 is 56.2 Å². The number of rotatable bonds is 1. The van der Waals surface area contributed by atoms with Crippen LogP contribution in [0, 0.1) is 0 Å². The Bertz CT molecular complexity index is 561. The molecule has 17 heavy (non-hydrogen) atoms. The van der Waals surface area contributed by atoms with E-state index in [4.69, 9.17) is 40.5 Å². The van der Waals surface area contributed by atoms with Gasteiger partial charge in [0.05, 0.1) is 16.4 Å². The van der Waals surface area contributed by atoms with Crippen LogP contribution in [0.15, 0.2) is 17.0 Å². The van der Waals surface area contributed by atoms with Crippen LogP contribution in [0.3, 0.4) is 0 Å². The first-order chi connectivity index (χ1) is 7.81. The minimum atomic E-state index is -3.70. The molecule has 0 fully saturated rings. The first-order valence-corrected chi connectivity index (χ1v) is 7.21. The average molecular weight is 317 g/mol. The van der Waals surface area contributed by atoms with Gasteiger partial charge in [0.2, 0.25) is 10.0 Å². The number of alkyl halides is 2. The summed E-state index contributed by atoms with van der Waals surface area (Å²) in [4.78, 5) is -0.918. The standard InChI is InChI=1S/C8H8Cl3N3O2S/c9-3-1-5-6(2-4(3)12)17(15,16)14-8(13-5)7(10)11/h1-2,7-8,13-14H,12H2. The molecule has 9 heteroatoms. The molecule has 1 aliphatic rings. The van der Waals surface area contributed by atoms with Crippen LogP contribution >= 0.6 is 34.8 Å². The first-order valence-electron chi connectivity index (χ1n) is 4.47. The molecule has 5 nitrogen and oxygen atoms in total. The van der Waals surface area contributed by atoms with Gasteiger partial charge < -0.3 is 11.1 Å². The Labute approximate surface area is 113 Å². The highest BCUT2D eigenvalue weighted by molar-refractivity contribution is 7.89. The number of sulfonamides is 1. The minimum absolute atomic E-state index is 0.0182. The van der Waals surface area contributed by atoms with Crippen molar-refractivity contribution in [1.29, 1.82) is 0 Å².